The Labute approximate surface area is 145 Å². The summed E-state index contributed by atoms with van der Waals surface area (Å²) in [6.07, 6.45) is 2.18. The number of carbonyl (C=O) groups excluding carboxylic acids is 1. The molecule has 25 heavy (non-hydrogen) atoms. The highest BCUT2D eigenvalue weighted by Gasteiger charge is 2.48. The van der Waals surface area contributed by atoms with Crippen molar-refractivity contribution in [2.45, 2.75) is 37.7 Å². The van der Waals surface area contributed by atoms with Gasteiger partial charge >= 0.3 is 0 Å². The first-order chi connectivity index (χ1) is 12.1. The van der Waals surface area contributed by atoms with Gasteiger partial charge in [0.2, 0.25) is 5.91 Å². The van der Waals surface area contributed by atoms with Crippen LogP contribution in [0.3, 0.4) is 0 Å². The van der Waals surface area contributed by atoms with E-state index in [4.69, 9.17) is 4.74 Å². The summed E-state index contributed by atoms with van der Waals surface area (Å²) in [6.45, 7) is 3.24. The van der Waals surface area contributed by atoms with Gasteiger partial charge in [-0.05, 0) is 37.5 Å². The number of carbonyl (C=O) groups is 1. The zero-order valence-electron chi connectivity index (χ0n) is 14.2. The van der Waals surface area contributed by atoms with Gasteiger partial charge in [0.25, 0.3) is 0 Å². The lowest BCUT2D eigenvalue weighted by Crippen LogP contribution is -2.54. The van der Waals surface area contributed by atoms with Crippen molar-refractivity contribution in [2.24, 2.45) is 0 Å². The summed E-state index contributed by atoms with van der Waals surface area (Å²) in [6, 6.07) is 6.44. The molecule has 2 aromatic rings. The van der Waals surface area contributed by atoms with Crippen LogP contribution in [0.15, 0.2) is 24.3 Å². The van der Waals surface area contributed by atoms with Crippen LogP contribution in [0.2, 0.25) is 0 Å². The molecule has 1 aromatic carbocycles. The average molecular weight is 344 g/mol. The van der Waals surface area contributed by atoms with Crippen LogP contribution >= 0.6 is 0 Å². The Hall–Kier alpha value is -2.28. The number of amides is 1. The van der Waals surface area contributed by atoms with Crippen LogP contribution in [0.4, 0.5) is 4.39 Å². The third kappa shape index (κ3) is 2.82. The molecule has 1 aliphatic carbocycles. The van der Waals surface area contributed by atoms with Crippen LogP contribution in [0.25, 0.3) is 0 Å². The van der Waals surface area contributed by atoms with E-state index < -0.39 is 5.41 Å². The molecule has 0 radical (unpaired) electrons. The smallest absolute Gasteiger partial charge is 0.233 e. The summed E-state index contributed by atoms with van der Waals surface area (Å²) in [5, 5.41) is 6.96. The van der Waals surface area contributed by atoms with E-state index in [0.717, 1.165) is 30.7 Å². The van der Waals surface area contributed by atoms with Gasteiger partial charge < -0.3 is 9.64 Å². The fourth-order valence-corrected chi connectivity index (χ4v) is 3.74. The van der Waals surface area contributed by atoms with Gasteiger partial charge in [0, 0.05) is 6.54 Å². The Morgan fingerprint density at radius 3 is 2.92 bits per heavy atom. The van der Waals surface area contributed by atoms with Crippen molar-refractivity contribution >= 4 is 5.91 Å². The molecule has 132 valence electrons. The van der Waals surface area contributed by atoms with Gasteiger partial charge in [0.05, 0.1) is 18.6 Å². The van der Waals surface area contributed by atoms with Gasteiger partial charge in [0.15, 0.2) is 5.82 Å². The molecular formula is C18H21FN4O2. The molecule has 0 unspecified atom stereocenters. The highest BCUT2D eigenvalue weighted by atomic mass is 19.1. The van der Waals surface area contributed by atoms with Gasteiger partial charge in [-0.3, -0.25) is 9.89 Å². The van der Waals surface area contributed by atoms with Crippen molar-refractivity contribution in [1.29, 1.82) is 0 Å². The molecule has 1 aromatic heterocycles. The largest absolute Gasteiger partial charge is 0.366 e. The van der Waals surface area contributed by atoms with E-state index in [1.165, 1.54) is 12.1 Å². The van der Waals surface area contributed by atoms with E-state index in [0.29, 0.717) is 25.5 Å². The van der Waals surface area contributed by atoms with Crippen molar-refractivity contribution < 1.29 is 13.9 Å². The highest BCUT2D eigenvalue weighted by Crippen LogP contribution is 2.45. The van der Waals surface area contributed by atoms with Crippen molar-refractivity contribution in [3.63, 3.8) is 0 Å². The zero-order valence-corrected chi connectivity index (χ0v) is 14.2. The average Bonchev–Trinajstić information content (AvgIpc) is 3.01. The van der Waals surface area contributed by atoms with Crippen molar-refractivity contribution in [1.82, 2.24) is 20.1 Å². The van der Waals surface area contributed by atoms with Crippen molar-refractivity contribution in [3.05, 3.63) is 47.3 Å². The fourth-order valence-electron chi connectivity index (χ4n) is 3.74. The number of aromatic nitrogens is 3. The molecule has 7 heteroatoms. The minimum absolute atomic E-state index is 0.0601. The number of aromatic amines is 1. The second-order valence-corrected chi connectivity index (χ2v) is 6.84. The summed E-state index contributed by atoms with van der Waals surface area (Å²) >= 11 is 0. The fraction of sp³-hybridized carbons (Fsp3) is 0.500. The number of hydrogen-bond donors (Lipinski definition) is 1. The number of aryl methyl sites for hydroxylation is 1. The second kappa shape index (κ2) is 6.22. The van der Waals surface area contributed by atoms with E-state index in [-0.39, 0.29) is 17.8 Å². The van der Waals surface area contributed by atoms with Crippen LogP contribution in [0, 0.1) is 12.7 Å². The number of nitrogens with zero attached hydrogens (tertiary/aromatic N) is 3. The first kappa shape index (κ1) is 16.2. The normalized spacial score (nSPS) is 22.5. The lowest BCUT2D eigenvalue weighted by atomic mass is 9.63. The van der Waals surface area contributed by atoms with Crippen LogP contribution < -0.4 is 0 Å². The molecule has 1 aliphatic heterocycles. The Balaban J connectivity index is 1.56. The molecular weight excluding hydrogens is 323 g/mol. The van der Waals surface area contributed by atoms with Crippen LogP contribution in [-0.2, 0) is 14.9 Å². The summed E-state index contributed by atoms with van der Waals surface area (Å²) in [7, 11) is 0. The SMILES string of the molecule is Cc1nc([C@H]2CN(C(=O)C3(c4cccc(F)c4)CCC3)CCO2)n[nH]1. The Morgan fingerprint density at radius 2 is 2.28 bits per heavy atom. The predicted octanol–water partition coefficient (Wildman–Crippen LogP) is 2.27. The van der Waals surface area contributed by atoms with Crippen molar-refractivity contribution in [3.8, 4) is 0 Å². The summed E-state index contributed by atoms with van der Waals surface area (Å²) in [4.78, 5) is 19.4. The molecule has 1 saturated carbocycles. The maximum atomic E-state index is 13.7. The lowest BCUT2D eigenvalue weighted by molar-refractivity contribution is -0.149. The van der Waals surface area contributed by atoms with Gasteiger partial charge in [-0.2, -0.15) is 5.10 Å². The Kier molecular flexibility index (Phi) is 4.03. The van der Waals surface area contributed by atoms with E-state index in [2.05, 4.69) is 15.2 Å². The molecule has 0 spiro atoms. The standard InChI is InChI=1S/C18H21FN4O2/c1-12-20-16(22-21-12)15-11-23(8-9-25-15)17(24)18(6-3-7-18)13-4-2-5-14(19)10-13/h2,4-5,10,15H,3,6-9,11H2,1H3,(H,20,21,22)/t15-/m1/s1. The number of rotatable bonds is 3. The molecule has 0 bridgehead atoms. The number of morpholine rings is 1. The number of H-pyrrole nitrogens is 1. The lowest BCUT2D eigenvalue weighted by Gasteiger charge is -2.45. The Morgan fingerprint density at radius 1 is 1.44 bits per heavy atom. The van der Waals surface area contributed by atoms with E-state index in [9.17, 15) is 9.18 Å². The van der Waals surface area contributed by atoms with Gasteiger partial charge in [-0.15, -0.1) is 0 Å². The number of ether oxygens (including phenoxy) is 1. The molecule has 1 atom stereocenters. The molecule has 1 N–H and O–H groups in total. The minimum Gasteiger partial charge on any atom is -0.366 e. The molecule has 6 nitrogen and oxygen atoms in total. The van der Waals surface area contributed by atoms with Gasteiger partial charge in [0.1, 0.15) is 17.7 Å². The molecule has 4 rings (SSSR count). The maximum absolute atomic E-state index is 13.7. The number of hydrogen-bond acceptors (Lipinski definition) is 4. The molecule has 1 amide bonds. The van der Waals surface area contributed by atoms with Crippen LogP contribution in [0.1, 0.15) is 42.6 Å². The number of halogens is 1. The number of nitrogens with one attached hydrogen (secondary N) is 1. The predicted molar refractivity (Wildman–Crippen MR) is 88.3 cm³/mol. The van der Waals surface area contributed by atoms with E-state index in [1.807, 2.05) is 17.9 Å². The molecule has 1 saturated heterocycles. The first-order valence-electron chi connectivity index (χ1n) is 8.64. The van der Waals surface area contributed by atoms with E-state index >= 15 is 0 Å². The molecule has 2 aliphatic rings. The minimum atomic E-state index is -0.598. The van der Waals surface area contributed by atoms with Gasteiger partial charge in [-0.25, -0.2) is 9.37 Å². The van der Waals surface area contributed by atoms with Crippen LogP contribution in [0.5, 0.6) is 0 Å². The Bertz CT molecular complexity index is 787. The van der Waals surface area contributed by atoms with Crippen LogP contribution in [-0.4, -0.2) is 45.7 Å². The summed E-state index contributed by atoms with van der Waals surface area (Å²) in [5.41, 5.74) is 0.180. The first-order valence-corrected chi connectivity index (χ1v) is 8.64. The number of benzene rings is 1. The van der Waals surface area contributed by atoms with E-state index in [1.54, 1.807) is 6.07 Å². The third-order valence-electron chi connectivity index (χ3n) is 5.25. The monoisotopic (exact) mass is 344 g/mol. The van der Waals surface area contributed by atoms with Gasteiger partial charge in [-0.1, -0.05) is 18.6 Å². The summed E-state index contributed by atoms with van der Waals surface area (Å²) < 4.78 is 19.4. The van der Waals surface area contributed by atoms with Crippen molar-refractivity contribution in [2.75, 3.05) is 19.7 Å². The zero-order chi connectivity index (χ0) is 17.4. The quantitative estimate of drug-likeness (QED) is 0.927. The molecule has 2 fully saturated rings. The second-order valence-electron chi connectivity index (χ2n) is 6.84. The molecule has 2 heterocycles. The summed E-state index contributed by atoms with van der Waals surface area (Å²) in [5.74, 6) is 1.05. The highest BCUT2D eigenvalue weighted by molar-refractivity contribution is 5.89. The third-order valence-corrected chi connectivity index (χ3v) is 5.25. The maximum Gasteiger partial charge on any atom is 0.233 e. The topological polar surface area (TPSA) is 71.1 Å².